The lowest BCUT2D eigenvalue weighted by Gasteiger charge is -2.41. The summed E-state index contributed by atoms with van der Waals surface area (Å²) in [6, 6.07) is 2.19. The molecule has 0 aromatic rings. The van der Waals surface area contributed by atoms with E-state index in [0.717, 1.165) is 25.8 Å². The number of carbonyl (C=O) groups is 1. The third-order valence-electron chi connectivity index (χ3n) is 2.92. The first-order valence-electron chi connectivity index (χ1n) is 5.22. The van der Waals surface area contributed by atoms with Gasteiger partial charge in [0.2, 0.25) is 5.91 Å². The molecule has 78 valence electrons. The van der Waals surface area contributed by atoms with Crippen LogP contribution in [0.1, 0.15) is 33.1 Å². The molecule has 0 atom stereocenters. The molecule has 0 radical (unpaired) electrons. The van der Waals surface area contributed by atoms with Crippen LogP contribution in [0, 0.1) is 22.7 Å². The van der Waals surface area contributed by atoms with Crippen molar-refractivity contribution in [3.8, 4) is 6.07 Å². The minimum absolute atomic E-state index is 0.0138. The Balaban J connectivity index is 2.64. The van der Waals surface area contributed by atoms with Crippen LogP contribution in [0.2, 0.25) is 0 Å². The Bertz CT molecular complexity index is 261. The molecular formula is C11H18N2O. The monoisotopic (exact) mass is 194 g/mol. The normalized spacial score (nSPS) is 30.3. The van der Waals surface area contributed by atoms with Gasteiger partial charge < -0.3 is 4.90 Å². The van der Waals surface area contributed by atoms with Crippen molar-refractivity contribution in [2.75, 3.05) is 13.6 Å². The summed E-state index contributed by atoms with van der Waals surface area (Å²) < 4.78 is 0. The first-order chi connectivity index (χ1) is 6.55. The second-order valence-corrected chi connectivity index (χ2v) is 4.43. The molecular weight excluding hydrogens is 176 g/mol. The summed E-state index contributed by atoms with van der Waals surface area (Å²) in [6.07, 6.45) is 2.41. The molecule has 14 heavy (non-hydrogen) atoms. The van der Waals surface area contributed by atoms with Crippen molar-refractivity contribution in [2.45, 2.75) is 33.1 Å². The third kappa shape index (κ3) is 1.75. The van der Waals surface area contributed by atoms with Crippen molar-refractivity contribution in [2.24, 2.45) is 11.3 Å². The average molecular weight is 194 g/mol. The maximum Gasteiger partial charge on any atom is 0.242 e. The van der Waals surface area contributed by atoms with Gasteiger partial charge in [-0.2, -0.15) is 5.26 Å². The summed E-state index contributed by atoms with van der Waals surface area (Å²) >= 11 is 0. The van der Waals surface area contributed by atoms with Crippen LogP contribution in [0.15, 0.2) is 0 Å². The summed E-state index contributed by atoms with van der Waals surface area (Å²) in [4.78, 5) is 13.6. The van der Waals surface area contributed by atoms with E-state index in [1.807, 2.05) is 6.92 Å². The van der Waals surface area contributed by atoms with Gasteiger partial charge >= 0.3 is 0 Å². The van der Waals surface area contributed by atoms with E-state index in [1.54, 1.807) is 11.9 Å². The van der Waals surface area contributed by atoms with Gasteiger partial charge in [0.1, 0.15) is 5.41 Å². The SMILES string of the molecule is CCCN(C)C(=O)C1(C#N)CC(C)C1. The summed E-state index contributed by atoms with van der Waals surface area (Å²) in [5, 5.41) is 9.04. The highest BCUT2D eigenvalue weighted by molar-refractivity contribution is 5.86. The number of hydrogen-bond donors (Lipinski definition) is 0. The number of carbonyl (C=O) groups excluding carboxylic acids is 1. The van der Waals surface area contributed by atoms with E-state index in [9.17, 15) is 4.79 Å². The molecule has 0 heterocycles. The van der Waals surface area contributed by atoms with Gasteiger partial charge in [-0.15, -0.1) is 0 Å². The van der Waals surface area contributed by atoms with E-state index in [1.165, 1.54) is 0 Å². The van der Waals surface area contributed by atoms with Crippen LogP contribution < -0.4 is 0 Å². The van der Waals surface area contributed by atoms with Gasteiger partial charge in [-0.05, 0) is 25.2 Å². The van der Waals surface area contributed by atoms with Crippen molar-refractivity contribution in [3.63, 3.8) is 0 Å². The fourth-order valence-corrected chi connectivity index (χ4v) is 2.25. The van der Waals surface area contributed by atoms with Crippen molar-refractivity contribution < 1.29 is 4.79 Å². The fourth-order valence-electron chi connectivity index (χ4n) is 2.25. The minimum Gasteiger partial charge on any atom is -0.344 e. The van der Waals surface area contributed by atoms with E-state index < -0.39 is 5.41 Å². The average Bonchev–Trinajstić information content (AvgIpc) is 2.12. The molecule has 0 N–H and O–H groups in total. The summed E-state index contributed by atoms with van der Waals surface area (Å²) in [5.74, 6) is 0.536. The van der Waals surface area contributed by atoms with Crippen LogP contribution in [-0.4, -0.2) is 24.4 Å². The number of nitriles is 1. The summed E-state index contributed by atoms with van der Waals surface area (Å²) in [7, 11) is 1.79. The van der Waals surface area contributed by atoms with Gasteiger partial charge in [0.15, 0.2) is 0 Å². The van der Waals surface area contributed by atoms with Crippen LogP contribution in [0.5, 0.6) is 0 Å². The Morgan fingerprint density at radius 2 is 2.21 bits per heavy atom. The zero-order chi connectivity index (χ0) is 10.8. The maximum absolute atomic E-state index is 11.9. The van der Waals surface area contributed by atoms with E-state index in [4.69, 9.17) is 5.26 Å². The Morgan fingerprint density at radius 3 is 2.57 bits per heavy atom. The van der Waals surface area contributed by atoms with Gasteiger partial charge in [-0.25, -0.2) is 0 Å². The molecule has 0 aromatic carbocycles. The number of rotatable bonds is 3. The van der Waals surface area contributed by atoms with Crippen molar-refractivity contribution in [1.29, 1.82) is 5.26 Å². The Kier molecular flexibility index (Phi) is 3.15. The molecule has 0 bridgehead atoms. The molecule has 0 spiro atoms. The predicted molar refractivity (Wildman–Crippen MR) is 54.4 cm³/mol. The van der Waals surface area contributed by atoms with Crippen molar-refractivity contribution >= 4 is 5.91 Å². The minimum atomic E-state index is -0.691. The zero-order valence-corrected chi connectivity index (χ0v) is 9.21. The molecule has 3 nitrogen and oxygen atoms in total. The number of hydrogen-bond acceptors (Lipinski definition) is 2. The third-order valence-corrected chi connectivity index (χ3v) is 2.92. The lowest BCUT2D eigenvalue weighted by molar-refractivity contribution is -0.143. The quantitative estimate of drug-likeness (QED) is 0.687. The summed E-state index contributed by atoms with van der Waals surface area (Å²) in [6.45, 7) is 4.87. The highest BCUT2D eigenvalue weighted by atomic mass is 16.2. The number of nitrogens with zero attached hydrogens (tertiary/aromatic N) is 2. The Labute approximate surface area is 85.7 Å². The molecule has 1 fully saturated rings. The van der Waals surface area contributed by atoms with Crippen LogP contribution in [0.4, 0.5) is 0 Å². The van der Waals surface area contributed by atoms with Gasteiger partial charge in [0, 0.05) is 13.6 Å². The van der Waals surface area contributed by atoms with Gasteiger partial charge in [0.25, 0.3) is 0 Å². The van der Waals surface area contributed by atoms with Gasteiger partial charge in [0.05, 0.1) is 6.07 Å². The van der Waals surface area contributed by atoms with Gasteiger partial charge in [-0.3, -0.25) is 4.79 Å². The van der Waals surface area contributed by atoms with Gasteiger partial charge in [-0.1, -0.05) is 13.8 Å². The molecule has 0 aromatic heterocycles. The smallest absolute Gasteiger partial charge is 0.242 e. The molecule has 0 aliphatic heterocycles. The Hall–Kier alpha value is -1.04. The van der Waals surface area contributed by atoms with Crippen molar-refractivity contribution in [1.82, 2.24) is 4.90 Å². The first-order valence-corrected chi connectivity index (χ1v) is 5.22. The molecule has 3 heteroatoms. The highest BCUT2D eigenvalue weighted by Crippen LogP contribution is 2.46. The molecule has 1 amide bonds. The second-order valence-electron chi connectivity index (χ2n) is 4.43. The van der Waals surface area contributed by atoms with E-state index in [2.05, 4.69) is 13.0 Å². The topological polar surface area (TPSA) is 44.1 Å². The van der Waals surface area contributed by atoms with Crippen LogP contribution in [0.25, 0.3) is 0 Å². The first kappa shape index (κ1) is 11.0. The molecule has 0 unspecified atom stereocenters. The standard InChI is InChI=1S/C11H18N2O/c1-4-5-13(3)10(14)11(8-12)6-9(2)7-11/h9H,4-7H2,1-3H3. The van der Waals surface area contributed by atoms with Crippen LogP contribution >= 0.6 is 0 Å². The largest absolute Gasteiger partial charge is 0.344 e. The maximum atomic E-state index is 11.9. The highest BCUT2D eigenvalue weighted by Gasteiger charge is 2.49. The fraction of sp³-hybridized carbons (Fsp3) is 0.818. The Morgan fingerprint density at radius 1 is 1.64 bits per heavy atom. The lowest BCUT2D eigenvalue weighted by Crippen LogP contribution is -2.48. The number of amides is 1. The second kappa shape index (κ2) is 4.00. The van der Waals surface area contributed by atoms with Crippen molar-refractivity contribution in [3.05, 3.63) is 0 Å². The van der Waals surface area contributed by atoms with Crippen LogP contribution in [0.3, 0.4) is 0 Å². The molecule has 0 saturated heterocycles. The van der Waals surface area contributed by atoms with E-state index in [-0.39, 0.29) is 5.91 Å². The summed E-state index contributed by atoms with van der Waals surface area (Å²) in [5.41, 5.74) is -0.691. The van der Waals surface area contributed by atoms with E-state index >= 15 is 0 Å². The molecule has 1 rings (SSSR count). The molecule has 1 aliphatic carbocycles. The zero-order valence-electron chi connectivity index (χ0n) is 9.21. The van der Waals surface area contributed by atoms with E-state index in [0.29, 0.717) is 5.92 Å². The lowest BCUT2D eigenvalue weighted by atomic mass is 9.63. The predicted octanol–water partition coefficient (Wildman–Crippen LogP) is 1.79. The molecule has 1 aliphatic rings. The molecule has 1 saturated carbocycles. The van der Waals surface area contributed by atoms with Crippen LogP contribution in [-0.2, 0) is 4.79 Å².